The van der Waals surface area contributed by atoms with Gasteiger partial charge in [-0.3, -0.25) is 0 Å². The quantitative estimate of drug-likeness (QED) is 0.743. The monoisotopic (exact) mass is 297 g/mol. The number of nitrogens with one attached hydrogen (secondary N) is 1. The Morgan fingerprint density at radius 3 is 2.57 bits per heavy atom. The molecule has 2 amide bonds. The Morgan fingerprint density at radius 1 is 1.38 bits per heavy atom. The summed E-state index contributed by atoms with van der Waals surface area (Å²) in [6, 6.07) is -0.183. The molecule has 1 aromatic rings. The van der Waals surface area contributed by atoms with Crippen LogP contribution >= 0.6 is 0 Å². The molecule has 0 bridgehead atoms. The number of carbonyl (C=O) groups excluding carboxylic acids is 2. The van der Waals surface area contributed by atoms with E-state index >= 15 is 0 Å². The predicted octanol–water partition coefficient (Wildman–Crippen LogP) is 0.476. The van der Waals surface area contributed by atoms with E-state index in [9.17, 15) is 9.59 Å². The van der Waals surface area contributed by atoms with E-state index in [1.807, 2.05) is 6.92 Å². The lowest BCUT2D eigenvalue weighted by Gasteiger charge is -2.13. The molecule has 0 aliphatic heterocycles. The number of ether oxygens (including phenoxy) is 1. The van der Waals surface area contributed by atoms with Gasteiger partial charge in [0.05, 0.1) is 6.61 Å². The first-order chi connectivity index (χ1) is 9.92. The molecular weight excluding hydrogens is 274 g/mol. The number of anilines is 1. The van der Waals surface area contributed by atoms with Crippen molar-refractivity contribution in [3.63, 3.8) is 0 Å². The average Bonchev–Trinajstić information content (AvgIpc) is 2.76. The molecule has 0 aliphatic rings. The Bertz CT molecular complexity index is 510. The molecule has 0 aliphatic carbocycles. The smallest absolute Gasteiger partial charge is 0.360 e. The van der Waals surface area contributed by atoms with Gasteiger partial charge in [0.15, 0.2) is 5.69 Å². The normalized spacial score (nSPS) is 10.3. The third kappa shape index (κ3) is 4.11. The van der Waals surface area contributed by atoms with Crippen LogP contribution < -0.4 is 11.1 Å². The van der Waals surface area contributed by atoms with Crippen LogP contribution in [0, 0.1) is 0 Å². The van der Waals surface area contributed by atoms with E-state index in [1.165, 1.54) is 4.90 Å². The minimum absolute atomic E-state index is 0.132. The van der Waals surface area contributed by atoms with Crippen LogP contribution in [0.25, 0.3) is 0 Å². The summed E-state index contributed by atoms with van der Waals surface area (Å²) in [6.45, 7) is 4.76. The lowest BCUT2D eigenvalue weighted by atomic mass is 10.4. The molecule has 118 valence electrons. The van der Waals surface area contributed by atoms with Crippen molar-refractivity contribution >= 4 is 17.8 Å². The van der Waals surface area contributed by atoms with Crippen LogP contribution in [0.15, 0.2) is 0 Å². The number of urea groups is 1. The number of amides is 2. The van der Waals surface area contributed by atoms with Gasteiger partial charge in [-0.05, 0) is 6.92 Å². The SMILES string of the molecule is CCOC(=O)c1nc(CC)n(CCNC(=O)N(C)C)c1N. The predicted molar refractivity (Wildman–Crippen MR) is 79.1 cm³/mol. The standard InChI is InChI=1S/C13H23N5O3/c1-5-9-16-10(12(19)21-6-2)11(14)18(9)8-7-15-13(20)17(3)4/h5-8,14H2,1-4H3,(H,15,20). The van der Waals surface area contributed by atoms with Crippen molar-refractivity contribution in [3.8, 4) is 0 Å². The van der Waals surface area contributed by atoms with Gasteiger partial charge < -0.3 is 25.3 Å². The lowest BCUT2D eigenvalue weighted by Crippen LogP contribution is -2.36. The summed E-state index contributed by atoms with van der Waals surface area (Å²) in [5, 5.41) is 2.74. The minimum atomic E-state index is -0.527. The number of imidazole rings is 1. The summed E-state index contributed by atoms with van der Waals surface area (Å²) in [5.41, 5.74) is 6.10. The molecule has 0 aromatic carbocycles. The fourth-order valence-corrected chi connectivity index (χ4v) is 1.82. The van der Waals surface area contributed by atoms with Gasteiger partial charge in [0, 0.05) is 33.6 Å². The maximum absolute atomic E-state index is 11.8. The van der Waals surface area contributed by atoms with Crippen LogP contribution in [0.4, 0.5) is 10.6 Å². The van der Waals surface area contributed by atoms with Crippen molar-refractivity contribution in [2.75, 3.05) is 33.0 Å². The summed E-state index contributed by atoms with van der Waals surface area (Å²) >= 11 is 0. The van der Waals surface area contributed by atoms with E-state index in [0.717, 1.165) is 0 Å². The molecule has 3 N–H and O–H groups in total. The van der Waals surface area contributed by atoms with Crippen LogP contribution in [0.5, 0.6) is 0 Å². The number of nitrogen functional groups attached to an aromatic ring is 1. The molecule has 0 saturated carbocycles. The Hall–Kier alpha value is -2.25. The van der Waals surface area contributed by atoms with Crippen molar-refractivity contribution in [2.24, 2.45) is 0 Å². The summed E-state index contributed by atoms with van der Waals surface area (Å²) in [7, 11) is 3.33. The molecule has 0 radical (unpaired) electrons. The zero-order valence-corrected chi connectivity index (χ0v) is 13.0. The van der Waals surface area contributed by atoms with E-state index in [4.69, 9.17) is 10.5 Å². The molecule has 0 saturated heterocycles. The highest BCUT2D eigenvalue weighted by Crippen LogP contribution is 2.16. The third-order valence-electron chi connectivity index (χ3n) is 2.89. The number of nitrogens with zero attached hydrogens (tertiary/aromatic N) is 3. The van der Waals surface area contributed by atoms with Crippen molar-refractivity contribution in [1.29, 1.82) is 0 Å². The molecule has 1 rings (SSSR count). The maximum Gasteiger partial charge on any atom is 0.360 e. The van der Waals surface area contributed by atoms with Gasteiger partial charge in [-0.1, -0.05) is 6.92 Å². The number of hydrogen-bond donors (Lipinski definition) is 2. The van der Waals surface area contributed by atoms with Crippen LogP contribution in [0.3, 0.4) is 0 Å². The molecule has 8 heteroatoms. The van der Waals surface area contributed by atoms with Crippen molar-refractivity contribution in [3.05, 3.63) is 11.5 Å². The second-order valence-electron chi connectivity index (χ2n) is 4.61. The molecule has 21 heavy (non-hydrogen) atoms. The Kier molecular flexibility index (Phi) is 6.01. The van der Waals surface area contributed by atoms with E-state index in [2.05, 4.69) is 10.3 Å². The molecule has 1 aromatic heterocycles. The zero-order chi connectivity index (χ0) is 16.0. The van der Waals surface area contributed by atoms with Gasteiger partial charge in [0.25, 0.3) is 0 Å². The fraction of sp³-hybridized carbons (Fsp3) is 0.615. The molecule has 1 heterocycles. The minimum Gasteiger partial charge on any atom is -0.461 e. The summed E-state index contributed by atoms with van der Waals surface area (Å²) < 4.78 is 6.65. The number of aromatic nitrogens is 2. The van der Waals surface area contributed by atoms with Gasteiger partial charge >= 0.3 is 12.0 Å². The molecule has 8 nitrogen and oxygen atoms in total. The zero-order valence-electron chi connectivity index (χ0n) is 13.0. The van der Waals surface area contributed by atoms with Crippen LogP contribution in [-0.4, -0.2) is 53.7 Å². The second kappa shape index (κ2) is 7.51. The molecular formula is C13H23N5O3. The Labute approximate surface area is 124 Å². The highest BCUT2D eigenvalue weighted by Gasteiger charge is 2.20. The number of rotatable bonds is 6. The van der Waals surface area contributed by atoms with Gasteiger partial charge in [0.1, 0.15) is 11.6 Å². The number of nitrogens with two attached hydrogens (primary N) is 1. The van der Waals surface area contributed by atoms with Crippen molar-refractivity contribution < 1.29 is 14.3 Å². The van der Waals surface area contributed by atoms with Crippen molar-refractivity contribution in [1.82, 2.24) is 19.8 Å². The first kappa shape index (κ1) is 16.8. The summed E-state index contributed by atoms with van der Waals surface area (Å²) in [4.78, 5) is 28.9. The second-order valence-corrected chi connectivity index (χ2v) is 4.61. The van der Waals surface area contributed by atoms with Gasteiger partial charge in [-0.25, -0.2) is 14.6 Å². The third-order valence-corrected chi connectivity index (χ3v) is 2.89. The first-order valence-electron chi connectivity index (χ1n) is 6.89. The van der Waals surface area contributed by atoms with Crippen molar-refractivity contribution in [2.45, 2.75) is 26.8 Å². The highest BCUT2D eigenvalue weighted by molar-refractivity contribution is 5.92. The Morgan fingerprint density at radius 2 is 2.05 bits per heavy atom. The molecule has 0 fully saturated rings. The average molecular weight is 297 g/mol. The number of aryl methyl sites for hydroxylation is 1. The maximum atomic E-state index is 11.8. The van der Waals surface area contributed by atoms with Crippen LogP contribution in [0.2, 0.25) is 0 Å². The topological polar surface area (TPSA) is 102 Å². The summed E-state index contributed by atoms with van der Waals surface area (Å²) in [5.74, 6) is 0.430. The molecule has 0 spiro atoms. The lowest BCUT2D eigenvalue weighted by molar-refractivity contribution is 0.0521. The molecule has 0 unspecified atom stereocenters. The van der Waals surface area contributed by atoms with E-state index in [-0.39, 0.29) is 24.1 Å². The number of carbonyl (C=O) groups is 2. The Balaban J connectivity index is 2.81. The van der Waals surface area contributed by atoms with E-state index in [0.29, 0.717) is 25.3 Å². The highest BCUT2D eigenvalue weighted by atomic mass is 16.5. The van der Waals surface area contributed by atoms with Gasteiger partial charge in [-0.15, -0.1) is 0 Å². The van der Waals surface area contributed by atoms with Gasteiger partial charge in [0.2, 0.25) is 0 Å². The van der Waals surface area contributed by atoms with E-state index < -0.39 is 5.97 Å². The van der Waals surface area contributed by atoms with E-state index in [1.54, 1.807) is 25.6 Å². The number of esters is 1. The van der Waals surface area contributed by atoms with Crippen LogP contribution in [0.1, 0.15) is 30.2 Å². The fourth-order valence-electron chi connectivity index (χ4n) is 1.82. The first-order valence-corrected chi connectivity index (χ1v) is 6.89. The largest absolute Gasteiger partial charge is 0.461 e. The summed E-state index contributed by atoms with van der Waals surface area (Å²) in [6.07, 6.45) is 0.630. The molecule has 0 atom stereocenters. The number of hydrogen-bond acceptors (Lipinski definition) is 5. The van der Waals surface area contributed by atoms with Gasteiger partial charge in [-0.2, -0.15) is 0 Å². The van der Waals surface area contributed by atoms with Crippen LogP contribution in [-0.2, 0) is 17.7 Å².